The van der Waals surface area contributed by atoms with Crippen LogP contribution in [0, 0.1) is 0 Å². The molecule has 2 heterocycles. The van der Waals surface area contributed by atoms with E-state index in [4.69, 9.17) is 0 Å². The molecule has 0 radical (unpaired) electrons. The molecule has 0 atom stereocenters. The number of hydrogen-bond donors (Lipinski definition) is 0. The number of carbonyl (C=O) groups excluding carboxylic acids is 2. The summed E-state index contributed by atoms with van der Waals surface area (Å²) in [6.45, 7) is 1.54. The minimum absolute atomic E-state index is 0.0449. The van der Waals surface area contributed by atoms with E-state index >= 15 is 0 Å². The molecule has 132 valence electrons. The summed E-state index contributed by atoms with van der Waals surface area (Å²) < 4.78 is 1.82. The fourth-order valence-corrected chi connectivity index (χ4v) is 3.38. The van der Waals surface area contributed by atoms with E-state index in [1.165, 1.54) is 12.5 Å². The van der Waals surface area contributed by atoms with Gasteiger partial charge in [0, 0.05) is 17.3 Å². The van der Waals surface area contributed by atoms with E-state index in [2.05, 4.69) is 12.1 Å². The fraction of sp³-hybridized carbons (Fsp3) is 0.0833. The first-order chi connectivity index (χ1) is 13.1. The van der Waals surface area contributed by atoms with Gasteiger partial charge in [-0.1, -0.05) is 60.7 Å². The van der Waals surface area contributed by atoms with Crippen molar-refractivity contribution >= 4 is 17.1 Å². The fourth-order valence-electron chi connectivity index (χ4n) is 3.38. The molecule has 0 fully saturated rings. The highest BCUT2D eigenvalue weighted by atomic mass is 16.1. The zero-order chi connectivity index (χ0) is 18.8. The van der Waals surface area contributed by atoms with E-state index in [9.17, 15) is 9.59 Å². The average molecular weight is 353 g/mol. The van der Waals surface area contributed by atoms with Crippen LogP contribution in [0.25, 0.3) is 5.52 Å². The molecule has 0 saturated heterocycles. The maximum atomic E-state index is 12.9. The molecule has 0 unspecified atom stereocenters. The summed E-state index contributed by atoms with van der Waals surface area (Å²) in [6, 6.07) is 25.1. The minimum atomic E-state index is -0.0890. The molecule has 0 amide bonds. The summed E-state index contributed by atoms with van der Waals surface area (Å²) in [7, 11) is 0. The first-order valence-electron chi connectivity index (χ1n) is 8.92. The molecule has 2 aromatic carbocycles. The quantitative estimate of drug-likeness (QED) is 0.476. The van der Waals surface area contributed by atoms with Crippen LogP contribution in [0.15, 0.2) is 85.1 Å². The summed E-state index contributed by atoms with van der Waals surface area (Å²) in [5.41, 5.74) is 4.78. The lowest BCUT2D eigenvalue weighted by molar-refractivity contribution is 0.101. The second-order valence-corrected chi connectivity index (χ2v) is 6.65. The lowest BCUT2D eigenvalue weighted by Crippen LogP contribution is -2.05. The smallest absolute Gasteiger partial charge is 0.209 e. The Balaban J connectivity index is 1.80. The van der Waals surface area contributed by atoms with Gasteiger partial charge in [-0.25, -0.2) is 0 Å². The van der Waals surface area contributed by atoms with Crippen LogP contribution in [-0.2, 0) is 6.42 Å². The standard InChI is InChI=1S/C24H19NO2/c1-17(26)21-16-23(24(27)20-10-6-3-7-11-20)25-13-12-19(15-22(21)25)14-18-8-4-2-5-9-18/h2-13,15-16H,14H2,1H3. The molecule has 2 aromatic heterocycles. The van der Waals surface area contributed by atoms with Gasteiger partial charge < -0.3 is 4.40 Å². The maximum absolute atomic E-state index is 12.9. The summed E-state index contributed by atoms with van der Waals surface area (Å²) in [5.74, 6) is -0.134. The van der Waals surface area contributed by atoms with Crippen LogP contribution >= 0.6 is 0 Å². The monoisotopic (exact) mass is 353 g/mol. The summed E-state index contributed by atoms with van der Waals surface area (Å²) >= 11 is 0. The molecular weight excluding hydrogens is 334 g/mol. The van der Waals surface area contributed by atoms with Crippen LogP contribution in [0.3, 0.4) is 0 Å². The van der Waals surface area contributed by atoms with E-state index in [1.54, 1.807) is 18.2 Å². The number of ketones is 2. The molecule has 0 bridgehead atoms. The lowest BCUT2D eigenvalue weighted by atomic mass is 10.0. The van der Waals surface area contributed by atoms with Crippen molar-refractivity contribution in [3.05, 3.63) is 113 Å². The number of rotatable bonds is 5. The highest BCUT2D eigenvalue weighted by Crippen LogP contribution is 2.23. The van der Waals surface area contributed by atoms with Crippen molar-refractivity contribution in [2.24, 2.45) is 0 Å². The van der Waals surface area contributed by atoms with E-state index in [1.807, 2.05) is 59.1 Å². The van der Waals surface area contributed by atoms with E-state index in [0.717, 1.165) is 17.5 Å². The second kappa shape index (κ2) is 7.04. The van der Waals surface area contributed by atoms with Crippen molar-refractivity contribution in [1.29, 1.82) is 0 Å². The van der Waals surface area contributed by atoms with Crippen LogP contribution in [0.5, 0.6) is 0 Å². The van der Waals surface area contributed by atoms with Gasteiger partial charge in [0.15, 0.2) is 5.78 Å². The topological polar surface area (TPSA) is 38.5 Å². The zero-order valence-corrected chi connectivity index (χ0v) is 15.1. The predicted octanol–water partition coefficient (Wildman–Crippen LogP) is 4.96. The number of fused-ring (bicyclic) bond motifs is 1. The van der Waals surface area contributed by atoms with Crippen molar-refractivity contribution in [2.75, 3.05) is 0 Å². The molecule has 4 rings (SSSR count). The van der Waals surface area contributed by atoms with Gasteiger partial charge in [0.25, 0.3) is 0 Å². The normalized spacial score (nSPS) is 10.9. The number of carbonyl (C=O) groups is 2. The van der Waals surface area contributed by atoms with Crippen LogP contribution in [-0.4, -0.2) is 16.0 Å². The lowest BCUT2D eigenvalue weighted by Gasteiger charge is -2.06. The van der Waals surface area contributed by atoms with Crippen LogP contribution in [0.1, 0.15) is 44.5 Å². The predicted molar refractivity (Wildman–Crippen MR) is 107 cm³/mol. The first kappa shape index (κ1) is 17.0. The molecule has 0 N–H and O–H groups in total. The number of nitrogens with zero attached hydrogens (tertiary/aromatic N) is 1. The number of hydrogen-bond acceptors (Lipinski definition) is 2. The highest BCUT2D eigenvalue weighted by molar-refractivity contribution is 6.12. The Hall–Kier alpha value is -3.46. The molecule has 3 heteroatoms. The van der Waals surface area contributed by atoms with E-state index < -0.39 is 0 Å². The van der Waals surface area contributed by atoms with Gasteiger partial charge in [-0.2, -0.15) is 0 Å². The molecule has 3 nitrogen and oxygen atoms in total. The Morgan fingerprint density at radius 1 is 0.815 bits per heavy atom. The number of aromatic nitrogens is 1. The van der Waals surface area contributed by atoms with Gasteiger partial charge >= 0.3 is 0 Å². The Labute approximate surface area is 157 Å². The number of pyridine rings is 1. The first-order valence-corrected chi connectivity index (χ1v) is 8.92. The second-order valence-electron chi connectivity index (χ2n) is 6.65. The maximum Gasteiger partial charge on any atom is 0.209 e. The molecule has 4 aromatic rings. The van der Waals surface area contributed by atoms with Gasteiger partial charge in [0.2, 0.25) is 5.78 Å². The van der Waals surface area contributed by atoms with E-state index in [0.29, 0.717) is 16.8 Å². The van der Waals surface area contributed by atoms with E-state index in [-0.39, 0.29) is 11.6 Å². The Morgan fingerprint density at radius 3 is 2.15 bits per heavy atom. The molecular formula is C24H19NO2. The van der Waals surface area contributed by atoms with Crippen molar-refractivity contribution in [3.63, 3.8) is 0 Å². The Bertz CT molecular complexity index is 1130. The third kappa shape index (κ3) is 3.32. The van der Waals surface area contributed by atoms with Gasteiger partial charge in [-0.15, -0.1) is 0 Å². The SMILES string of the molecule is CC(=O)c1cc(C(=O)c2ccccc2)n2ccc(Cc3ccccc3)cc12. The summed E-state index contributed by atoms with van der Waals surface area (Å²) in [4.78, 5) is 25.1. The van der Waals surface area contributed by atoms with Crippen molar-refractivity contribution in [3.8, 4) is 0 Å². The third-order valence-corrected chi connectivity index (χ3v) is 4.73. The molecule has 0 spiro atoms. The van der Waals surface area contributed by atoms with Crippen LogP contribution in [0.4, 0.5) is 0 Å². The van der Waals surface area contributed by atoms with Gasteiger partial charge in [0.1, 0.15) is 0 Å². The zero-order valence-electron chi connectivity index (χ0n) is 15.1. The number of benzene rings is 2. The average Bonchev–Trinajstić information content (AvgIpc) is 3.08. The van der Waals surface area contributed by atoms with Crippen molar-refractivity contribution in [1.82, 2.24) is 4.40 Å². The van der Waals surface area contributed by atoms with Gasteiger partial charge in [-0.3, -0.25) is 9.59 Å². The van der Waals surface area contributed by atoms with Gasteiger partial charge in [0.05, 0.1) is 11.2 Å². The molecule has 0 aliphatic carbocycles. The Morgan fingerprint density at radius 2 is 1.48 bits per heavy atom. The molecule has 0 aliphatic heterocycles. The molecule has 27 heavy (non-hydrogen) atoms. The van der Waals surface area contributed by atoms with Crippen LogP contribution in [0.2, 0.25) is 0 Å². The van der Waals surface area contributed by atoms with Crippen molar-refractivity contribution in [2.45, 2.75) is 13.3 Å². The summed E-state index contributed by atoms with van der Waals surface area (Å²) in [5, 5.41) is 0. The molecule has 0 aliphatic rings. The van der Waals surface area contributed by atoms with Crippen LogP contribution < -0.4 is 0 Å². The largest absolute Gasteiger partial charge is 0.313 e. The van der Waals surface area contributed by atoms with Crippen molar-refractivity contribution < 1.29 is 9.59 Å². The Kier molecular flexibility index (Phi) is 4.43. The summed E-state index contributed by atoms with van der Waals surface area (Å²) in [6.07, 6.45) is 2.66. The minimum Gasteiger partial charge on any atom is -0.313 e. The highest BCUT2D eigenvalue weighted by Gasteiger charge is 2.19. The van der Waals surface area contributed by atoms with Gasteiger partial charge in [-0.05, 0) is 42.7 Å². The third-order valence-electron chi connectivity index (χ3n) is 4.73. The molecule has 0 saturated carbocycles. The number of Topliss-reactive ketones (excluding diaryl/α,β-unsaturated/α-hetero) is 1.